The summed E-state index contributed by atoms with van der Waals surface area (Å²) in [6.07, 6.45) is 0. The van der Waals surface area contributed by atoms with Gasteiger partial charge < -0.3 is 15.0 Å². The van der Waals surface area contributed by atoms with Gasteiger partial charge in [0.15, 0.2) is 0 Å². The summed E-state index contributed by atoms with van der Waals surface area (Å²) in [5.41, 5.74) is 2.41. The number of para-hydroxylation sites is 1. The smallest absolute Gasteiger partial charge is 0.333 e. The first kappa shape index (κ1) is 22.8. The first-order chi connectivity index (χ1) is 17.1. The van der Waals surface area contributed by atoms with E-state index in [1.807, 2.05) is 24.3 Å². The Hall–Kier alpha value is -4.01. The molecule has 1 aliphatic rings. The molecule has 35 heavy (non-hydrogen) atoms. The maximum atomic E-state index is 13.0. The predicted molar refractivity (Wildman–Crippen MR) is 134 cm³/mol. The summed E-state index contributed by atoms with van der Waals surface area (Å²) in [6, 6.07) is 21.5. The largest absolute Gasteiger partial charge is 0.379 e. The number of amides is 1. The predicted octanol–water partition coefficient (Wildman–Crippen LogP) is 2.44. The lowest BCUT2D eigenvalue weighted by Crippen LogP contribution is -2.36. The molecule has 0 unspecified atom stereocenters. The number of ether oxygens (including phenoxy) is 1. The van der Waals surface area contributed by atoms with Crippen LogP contribution in [0.3, 0.4) is 0 Å². The van der Waals surface area contributed by atoms with Gasteiger partial charge in [-0.3, -0.25) is 14.5 Å². The lowest BCUT2D eigenvalue weighted by atomic mass is 10.1. The Bertz CT molecular complexity index is 1470. The van der Waals surface area contributed by atoms with Gasteiger partial charge in [-0.05, 0) is 41.5 Å². The highest BCUT2D eigenvalue weighted by atomic mass is 16.5. The molecule has 8 nitrogen and oxygen atoms in total. The van der Waals surface area contributed by atoms with Crippen LogP contribution in [0.15, 0.2) is 82.4 Å². The van der Waals surface area contributed by atoms with E-state index in [0.29, 0.717) is 28.7 Å². The van der Waals surface area contributed by atoms with Crippen LogP contribution in [0.2, 0.25) is 0 Å². The quantitative estimate of drug-likeness (QED) is 0.451. The van der Waals surface area contributed by atoms with Crippen LogP contribution in [-0.2, 0) is 17.8 Å². The molecule has 3 aromatic carbocycles. The summed E-state index contributed by atoms with van der Waals surface area (Å²) in [4.78, 5) is 43.6. The van der Waals surface area contributed by atoms with Crippen molar-refractivity contribution >= 4 is 16.8 Å². The van der Waals surface area contributed by atoms with Gasteiger partial charge in [0.05, 0.1) is 29.8 Å². The molecule has 0 radical (unpaired) electrons. The molecule has 5 rings (SSSR count). The summed E-state index contributed by atoms with van der Waals surface area (Å²) in [6.45, 7) is 4.44. The normalized spacial score (nSPS) is 14.2. The maximum absolute atomic E-state index is 13.0. The second-order valence-electron chi connectivity index (χ2n) is 8.51. The number of fused-ring (bicyclic) bond motifs is 1. The van der Waals surface area contributed by atoms with Crippen LogP contribution >= 0.6 is 0 Å². The number of carbonyl (C=O) groups is 1. The Labute approximate surface area is 201 Å². The van der Waals surface area contributed by atoms with Gasteiger partial charge in [-0.15, -0.1) is 0 Å². The van der Waals surface area contributed by atoms with E-state index in [4.69, 9.17) is 4.74 Å². The second kappa shape index (κ2) is 10.1. The molecule has 1 fully saturated rings. The van der Waals surface area contributed by atoms with Gasteiger partial charge >= 0.3 is 5.69 Å². The SMILES string of the molecule is O=C(NCc1ccccc1CN1CCOCC1)c1ccc2c(=O)n(-c3ccccc3)c(=O)[nH]c2c1. The molecule has 0 saturated carbocycles. The zero-order valence-corrected chi connectivity index (χ0v) is 19.2. The van der Waals surface area contributed by atoms with Crippen LogP contribution in [0.1, 0.15) is 21.5 Å². The zero-order chi connectivity index (χ0) is 24.2. The van der Waals surface area contributed by atoms with Crippen molar-refractivity contribution in [3.8, 4) is 5.69 Å². The number of benzene rings is 3. The molecule has 0 aliphatic carbocycles. The first-order valence-corrected chi connectivity index (χ1v) is 11.6. The highest BCUT2D eigenvalue weighted by molar-refractivity contribution is 5.97. The number of nitrogens with zero attached hydrogens (tertiary/aromatic N) is 2. The molecule has 0 spiro atoms. The fourth-order valence-corrected chi connectivity index (χ4v) is 4.33. The Morgan fingerprint density at radius 3 is 2.40 bits per heavy atom. The molecule has 4 aromatic rings. The van der Waals surface area contributed by atoms with E-state index in [9.17, 15) is 14.4 Å². The average molecular weight is 471 g/mol. The number of carbonyl (C=O) groups excluding carboxylic acids is 1. The molecular weight excluding hydrogens is 444 g/mol. The third-order valence-electron chi connectivity index (χ3n) is 6.23. The summed E-state index contributed by atoms with van der Waals surface area (Å²) >= 11 is 0. The number of rotatable bonds is 6. The maximum Gasteiger partial charge on any atom is 0.333 e. The molecule has 0 bridgehead atoms. The van der Waals surface area contributed by atoms with Crippen LogP contribution in [0.25, 0.3) is 16.6 Å². The summed E-state index contributed by atoms with van der Waals surface area (Å²) in [7, 11) is 0. The molecule has 1 saturated heterocycles. The van der Waals surface area contributed by atoms with Crippen molar-refractivity contribution in [3.05, 3.63) is 110 Å². The molecule has 2 N–H and O–H groups in total. The second-order valence-corrected chi connectivity index (χ2v) is 8.51. The third kappa shape index (κ3) is 4.94. The Morgan fingerprint density at radius 2 is 1.63 bits per heavy atom. The van der Waals surface area contributed by atoms with Crippen LogP contribution in [0.5, 0.6) is 0 Å². The van der Waals surface area contributed by atoms with Crippen LogP contribution in [0, 0.1) is 0 Å². The lowest BCUT2D eigenvalue weighted by molar-refractivity contribution is 0.0340. The Kier molecular flexibility index (Phi) is 6.56. The van der Waals surface area contributed by atoms with Crippen molar-refractivity contribution in [1.29, 1.82) is 0 Å². The van der Waals surface area contributed by atoms with Crippen molar-refractivity contribution in [1.82, 2.24) is 19.8 Å². The van der Waals surface area contributed by atoms with Gasteiger partial charge in [-0.1, -0.05) is 42.5 Å². The molecule has 178 valence electrons. The number of H-pyrrole nitrogens is 1. The fourth-order valence-electron chi connectivity index (χ4n) is 4.33. The number of nitrogens with one attached hydrogen (secondary N) is 2. The Balaban J connectivity index is 1.35. The monoisotopic (exact) mass is 470 g/mol. The van der Waals surface area contributed by atoms with Crippen LogP contribution < -0.4 is 16.6 Å². The van der Waals surface area contributed by atoms with E-state index in [1.54, 1.807) is 42.5 Å². The van der Waals surface area contributed by atoms with Crippen molar-refractivity contribution in [2.24, 2.45) is 0 Å². The van der Waals surface area contributed by atoms with E-state index in [2.05, 4.69) is 21.3 Å². The van der Waals surface area contributed by atoms with E-state index in [0.717, 1.165) is 43.0 Å². The number of hydrogen-bond acceptors (Lipinski definition) is 5. The molecule has 2 heterocycles. The zero-order valence-electron chi connectivity index (χ0n) is 19.2. The molecular formula is C27H26N4O4. The van der Waals surface area contributed by atoms with E-state index >= 15 is 0 Å². The number of hydrogen-bond donors (Lipinski definition) is 2. The molecule has 1 aromatic heterocycles. The van der Waals surface area contributed by atoms with Gasteiger partial charge in [-0.25, -0.2) is 9.36 Å². The van der Waals surface area contributed by atoms with Crippen molar-refractivity contribution in [2.75, 3.05) is 26.3 Å². The lowest BCUT2D eigenvalue weighted by Gasteiger charge is -2.27. The molecule has 1 aliphatic heterocycles. The van der Waals surface area contributed by atoms with E-state index in [1.165, 1.54) is 5.56 Å². The summed E-state index contributed by atoms with van der Waals surface area (Å²) < 4.78 is 6.52. The fraction of sp³-hybridized carbons (Fsp3) is 0.222. The minimum absolute atomic E-state index is 0.277. The van der Waals surface area contributed by atoms with Crippen molar-refractivity contribution < 1.29 is 9.53 Å². The topological polar surface area (TPSA) is 96.4 Å². The van der Waals surface area contributed by atoms with Crippen LogP contribution in [-0.4, -0.2) is 46.7 Å². The van der Waals surface area contributed by atoms with Gasteiger partial charge in [-0.2, -0.15) is 0 Å². The molecule has 0 atom stereocenters. The van der Waals surface area contributed by atoms with Gasteiger partial charge in [0.2, 0.25) is 0 Å². The minimum atomic E-state index is -0.553. The van der Waals surface area contributed by atoms with E-state index < -0.39 is 11.2 Å². The first-order valence-electron chi connectivity index (χ1n) is 11.6. The van der Waals surface area contributed by atoms with Gasteiger partial charge in [0.1, 0.15) is 0 Å². The van der Waals surface area contributed by atoms with E-state index in [-0.39, 0.29) is 5.91 Å². The minimum Gasteiger partial charge on any atom is -0.379 e. The highest BCUT2D eigenvalue weighted by Crippen LogP contribution is 2.14. The third-order valence-corrected chi connectivity index (χ3v) is 6.23. The summed E-state index contributed by atoms with van der Waals surface area (Å²) in [5.74, 6) is -0.277. The van der Waals surface area contributed by atoms with Crippen LogP contribution in [0.4, 0.5) is 0 Å². The average Bonchev–Trinajstić information content (AvgIpc) is 2.89. The Morgan fingerprint density at radius 1 is 0.914 bits per heavy atom. The van der Waals surface area contributed by atoms with Gasteiger partial charge in [0, 0.05) is 31.7 Å². The number of morpholine rings is 1. The molecule has 8 heteroatoms. The molecule has 1 amide bonds. The number of aromatic nitrogens is 2. The standard InChI is InChI=1S/C27H26N4O4/c32-25(28-17-20-6-4-5-7-21(20)18-30-12-14-35-15-13-30)19-10-11-23-24(16-19)29-27(34)31(26(23)33)22-8-2-1-3-9-22/h1-11,16H,12-15,17-18H2,(H,28,32)(H,29,34). The summed E-state index contributed by atoms with van der Waals surface area (Å²) in [5, 5.41) is 3.30. The highest BCUT2D eigenvalue weighted by Gasteiger charge is 2.15. The van der Waals surface area contributed by atoms with Crippen molar-refractivity contribution in [2.45, 2.75) is 13.1 Å². The van der Waals surface area contributed by atoms with Gasteiger partial charge in [0.25, 0.3) is 11.5 Å². The van der Waals surface area contributed by atoms with Crippen molar-refractivity contribution in [3.63, 3.8) is 0 Å². The number of aromatic amines is 1.